The summed E-state index contributed by atoms with van der Waals surface area (Å²) in [7, 11) is 0. The van der Waals surface area contributed by atoms with Crippen LogP contribution in [0.3, 0.4) is 0 Å². The van der Waals surface area contributed by atoms with Crippen LogP contribution in [0.15, 0.2) is 24.3 Å². The lowest BCUT2D eigenvalue weighted by Crippen LogP contribution is -2.49. The lowest BCUT2D eigenvalue weighted by atomic mass is 9.54. The minimum Gasteiger partial charge on any atom is -0.316 e. The lowest BCUT2D eigenvalue weighted by Gasteiger charge is -2.53. The molecule has 1 aliphatic carbocycles. The van der Waals surface area contributed by atoms with Crippen molar-refractivity contribution in [1.29, 1.82) is 0 Å². The molecule has 1 nitrogen and oxygen atoms in total. The molecule has 2 aliphatic rings. The fourth-order valence-corrected chi connectivity index (χ4v) is 5.00. The molecule has 4 unspecified atom stereocenters. The van der Waals surface area contributed by atoms with Crippen molar-refractivity contribution in [2.75, 3.05) is 13.1 Å². The molecule has 1 saturated carbocycles. The maximum absolute atomic E-state index is 6.52. The van der Waals surface area contributed by atoms with Crippen LogP contribution < -0.4 is 5.32 Å². The van der Waals surface area contributed by atoms with Crippen LogP contribution in [0, 0.1) is 17.3 Å². The van der Waals surface area contributed by atoms with Gasteiger partial charge in [0.25, 0.3) is 0 Å². The normalized spacial score (nSPS) is 38.0. The average Bonchev–Trinajstić information content (AvgIpc) is 2.45. The number of hydrogen-bond acceptors (Lipinski definition) is 1. The third-order valence-electron chi connectivity index (χ3n) is 5.89. The predicted molar refractivity (Wildman–Crippen MR) is 86.3 cm³/mol. The van der Waals surface area contributed by atoms with E-state index in [9.17, 15) is 0 Å². The van der Waals surface area contributed by atoms with E-state index in [4.69, 9.17) is 11.6 Å². The number of rotatable bonds is 1. The van der Waals surface area contributed by atoms with E-state index in [0.29, 0.717) is 11.3 Å². The molecular formula is C18H26ClN. The molecule has 0 bridgehead atoms. The summed E-state index contributed by atoms with van der Waals surface area (Å²) in [6.07, 6.45) is 5.44. The summed E-state index contributed by atoms with van der Waals surface area (Å²) in [6.45, 7) is 7.15. The van der Waals surface area contributed by atoms with E-state index < -0.39 is 0 Å². The van der Waals surface area contributed by atoms with Gasteiger partial charge in [-0.25, -0.2) is 0 Å². The van der Waals surface area contributed by atoms with Crippen molar-refractivity contribution in [2.45, 2.75) is 45.4 Å². The fourth-order valence-electron chi connectivity index (χ4n) is 4.73. The van der Waals surface area contributed by atoms with Crippen molar-refractivity contribution in [1.82, 2.24) is 5.32 Å². The van der Waals surface area contributed by atoms with Gasteiger partial charge < -0.3 is 5.32 Å². The number of nitrogens with one attached hydrogen (secondary N) is 1. The van der Waals surface area contributed by atoms with Crippen LogP contribution in [-0.2, 0) is 0 Å². The van der Waals surface area contributed by atoms with E-state index in [1.165, 1.54) is 31.2 Å². The molecule has 1 N–H and O–H groups in total. The Morgan fingerprint density at radius 3 is 2.80 bits per heavy atom. The Labute approximate surface area is 128 Å². The molecule has 1 aromatic carbocycles. The topological polar surface area (TPSA) is 12.0 Å². The van der Waals surface area contributed by atoms with Gasteiger partial charge in [0.05, 0.1) is 0 Å². The van der Waals surface area contributed by atoms with Crippen LogP contribution in [0.1, 0.15) is 51.0 Å². The monoisotopic (exact) mass is 291 g/mol. The summed E-state index contributed by atoms with van der Waals surface area (Å²) in [5.74, 6) is 2.24. The predicted octanol–water partition coefficient (Wildman–Crippen LogP) is 4.86. The SMILES string of the molecule is CC1CCC(C)C2(CCNCC2c2ccccc2Cl)C1. The third kappa shape index (κ3) is 2.40. The molecule has 1 aromatic rings. The van der Waals surface area contributed by atoms with E-state index in [1.54, 1.807) is 0 Å². The summed E-state index contributed by atoms with van der Waals surface area (Å²) in [4.78, 5) is 0. The van der Waals surface area contributed by atoms with Crippen LogP contribution in [0.25, 0.3) is 0 Å². The summed E-state index contributed by atoms with van der Waals surface area (Å²) in [5.41, 5.74) is 1.82. The molecule has 4 atom stereocenters. The molecule has 1 aliphatic heterocycles. The summed E-state index contributed by atoms with van der Waals surface area (Å²) in [5, 5.41) is 4.56. The van der Waals surface area contributed by atoms with Crippen LogP contribution in [-0.4, -0.2) is 13.1 Å². The zero-order valence-corrected chi connectivity index (χ0v) is 13.4. The van der Waals surface area contributed by atoms with Gasteiger partial charge in [0.2, 0.25) is 0 Å². The molecule has 0 radical (unpaired) electrons. The van der Waals surface area contributed by atoms with Crippen molar-refractivity contribution < 1.29 is 0 Å². The molecule has 1 saturated heterocycles. The second kappa shape index (κ2) is 5.69. The summed E-state index contributed by atoms with van der Waals surface area (Å²) >= 11 is 6.52. The molecule has 2 heteroatoms. The van der Waals surface area contributed by atoms with Gasteiger partial charge in [-0.1, -0.05) is 50.1 Å². The van der Waals surface area contributed by atoms with E-state index in [-0.39, 0.29) is 0 Å². The average molecular weight is 292 g/mol. The van der Waals surface area contributed by atoms with Gasteiger partial charge in [-0.15, -0.1) is 0 Å². The maximum Gasteiger partial charge on any atom is 0.0441 e. The summed E-state index contributed by atoms with van der Waals surface area (Å²) in [6, 6.07) is 8.48. The first-order valence-corrected chi connectivity index (χ1v) is 8.46. The van der Waals surface area contributed by atoms with Gasteiger partial charge in [0.15, 0.2) is 0 Å². The fraction of sp³-hybridized carbons (Fsp3) is 0.667. The number of halogens is 1. The Balaban J connectivity index is 2.00. The van der Waals surface area contributed by atoms with Crippen molar-refractivity contribution >= 4 is 11.6 Å². The molecular weight excluding hydrogens is 266 g/mol. The number of piperidine rings is 1. The van der Waals surface area contributed by atoms with Crippen LogP contribution in [0.4, 0.5) is 0 Å². The van der Waals surface area contributed by atoms with Crippen molar-refractivity contribution in [3.05, 3.63) is 34.9 Å². The highest BCUT2D eigenvalue weighted by Gasteiger charge is 2.48. The zero-order chi connectivity index (χ0) is 14.2. The second-order valence-corrected chi connectivity index (χ2v) is 7.46. The highest BCUT2D eigenvalue weighted by molar-refractivity contribution is 6.31. The van der Waals surface area contributed by atoms with Gasteiger partial charge in [-0.3, -0.25) is 0 Å². The van der Waals surface area contributed by atoms with Gasteiger partial charge in [-0.05, 0) is 54.7 Å². The Morgan fingerprint density at radius 2 is 2.00 bits per heavy atom. The molecule has 0 aromatic heterocycles. The zero-order valence-electron chi connectivity index (χ0n) is 12.7. The Kier molecular flexibility index (Phi) is 4.10. The second-order valence-electron chi connectivity index (χ2n) is 7.05. The van der Waals surface area contributed by atoms with Crippen LogP contribution in [0.2, 0.25) is 5.02 Å². The first kappa shape index (κ1) is 14.4. The Morgan fingerprint density at radius 1 is 1.20 bits per heavy atom. The van der Waals surface area contributed by atoms with Crippen LogP contribution >= 0.6 is 11.6 Å². The van der Waals surface area contributed by atoms with Crippen molar-refractivity contribution in [3.8, 4) is 0 Å². The Hall–Kier alpha value is -0.530. The first-order valence-electron chi connectivity index (χ1n) is 8.08. The standard InChI is InChI=1S/C18H26ClN/c1-13-7-8-14(2)18(11-13)9-10-20-12-16(18)15-5-3-4-6-17(15)19/h3-6,13-14,16,20H,7-12H2,1-2H3. The summed E-state index contributed by atoms with van der Waals surface area (Å²) < 4.78 is 0. The van der Waals surface area contributed by atoms with Gasteiger partial charge >= 0.3 is 0 Å². The highest BCUT2D eigenvalue weighted by Crippen LogP contribution is 2.56. The van der Waals surface area contributed by atoms with Crippen LogP contribution in [0.5, 0.6) is 0 Å². The highest BCUT2D eigenvalue weighted by atomic mass is 35.5. The van der Waals surface area contributed by atoms with E-state index in [0.717, 1.165) is 29.9 Å². The first-order chi connectivity index (χ1) is 9.63. The largest absolute Gasteiger partial charge is 0.316 e. The van der Waals surface area contributed by atoms with Gasteiger partial charge in [0, 0.05) is 17.5 Å². The van der Waals surface area contributed by atoms with Gasteiger partial charge in [-0.2, -0.15) is 0 Å². The van der Waals surface area contributed by atoms with E-state index >= 15 is 0 Å². The smallest absolute Gasteiger partial charge is 0.0441 e. The lowest BCUT2D eigenvalue weighted by molar-refractivity contribution is 0.0185. The minimum absolute atomic E-state index is 0.452. The third-order valence-corrected chi connectivity index (χ3v) is 6.24. The van der Waals surface area contributed by atoms with Gasteiger partial charge in [0.1, 0.15) is 0 Å². The number of hydrogen-bond donors (Lipinski definition) is 1. The van der Waals surface area contributed by atoms with Crippen molar-refractivity contribution in [2.24, 2.45) is 17.3 Å². The van der Waals surface area contributed by atoms with Crippen molar-refractivity contribution in [3.63, 3.8) is 0 Å². The maximum atomic E-state index is 6.52. The molecule has 20 heavy (non-hydrogen) atoms. The molecule has 3 rings (SSSR count). The minimum atomic E-state index is 0.452. The quantitative estimate of drug-likeness (QED) is 0.779. The van der Waals surface area contributed by atoms with E-state index in [1.807, 2.05) is 6.07 Å². The molecule has 1 heterocycles. The molecule has 2 fully saturated rings. The number of benzene rings is 1. The molecule has 110 valence electrons. The van der Waals surface area contributed by atoms with E-state index in [2.05, 4.69) is 37.4 Å². The Bertz CT molecular complexity index is 472. The molecule has 1 spiro atoms. The molecule has 0 amide bonds.